The van der Waals surface area contributed by atoms with E-state index < -0.39 is 0 Å². The van der Waals surface area contributed by atoms with Crippen molar-refractivity contribution in [1.29, 1.82) is 0 Å². The Kier molecular flexibility index (Phi) is 2.98. The Labute approximate surface area is 76.0 Å². The molecule has 4 heteroatoms. The van der Waals surface area contributed by atoms with Crippen LogP contribution in [0.1, 0.15) is 6.42 Å². The Balaban J connectivity index is 0.000000500. The first-order chi connectivity index (χ1) is 4.39. The SMILES string of the molecule is Br.ClC1C2NCCCOC12. The Morgan fingerprint density at radius 2 is 2.30 bits per heavy atom. The molecule has 2 nitrogen and oxygen atoms in total. The molecular formula is C6H11BrClNO. The highest BCUT2D eigenvalue weighted by Crippen LogP contribution is 2.33. The number of alkyl halides is 1. The molecule has 1 heterocycles. The van der Waals surface area contributed by atoms with Crippen molar-refractivity contribution in [3.05, 3.63) is 0 Å². The van der Waals surface area contributed by atoms with E-state index in [1.807, 2.05) is 0 Å². The number of rotatable bonds is 0. The van der Waals surface area contributed by atoms with Gasteiger partial charge in [0, 0.05) is 6.61 Å². The third-order valence-electron chi connectivity index (χ3n) is 1.88. The molecule has 3 unspecified atom stereocenters. The molecule has 1 aliphatic heterocycles. The van der Waals surface area contributed by atoms with Crippen LogP contribution in [-0.4, -0.2) is 30.7 Å². The maximum Gasteiger partial charge on any atom is 0.0922 e. The van der Waals surface area contributed by atoms with Gasteiger partial charge in [-0.3, -0.25) is 0 Å². The first kappa shape index (κ1) is 8.78. The number of hydrogen-bond acceptors (Lipinski definition) is 2. The van der Waals surface area contributed by atoms with Gasteiger partial charge in [0.15, 0.2) is 0 Å². The lowest BCUT2D eigenvalue weighted by Gasteiger charge is -1.97. The zero-order valence-corrected chi connectivity index (χ0v) is 8.02. The van der Waals surface area contributed by atoms with Gasteiger partial charge in [-0.25, -0.2) is 0 Å². The Morgan fingerprint density at radius 1 is 1.50 bits per heavy atom. The van der Waals surface area contributed by atoms with Gasteiger partial charge in [-0.05, 0) is 13.0 Å². The minimum absolute atomic E-state index is 0. The molecule has 1 saturated heterocycles. The Bertz CT molecular complexity index is 112. The molecule has 1 saturated carbocycles. The molecule has 3 atom stereocenters. The lowest BCUT2D eigenvalue weighted by atomic mass is 10.4. The topological polar surface area (TPSA) is 21.3 Å². The zero-order valence-electron chi connectivity index (χ0n) is 5.55. The highest BCUT2D eigenvalue weighted by molar-refractivity contribution is 8.93. The fourth-order valence-corrected chi connectivity index (χ4v) is 1.61. The van der Waals surface area contributed by atoms with Crippen LogP contribution in [0.4, 0.5) is 0 Å². The van der Waals surface area contributed by atoms with E-state index in [1.54, 1.807) is 0 Å². The van der Waals surface area contributed by atoms with E-state index in [1.165, 1.54) is 0 Å². The predicted molar refractivity (Wildman–Crippen MR) is 46.1 cm³/mol. The molecule has 0 spiro atoms. The second kappa shape index (κ2) is 3.39. The van der Waals surface area contributed by atoms with Crippen LogP contribution >= 0.6 is 28.6 Å². The van der Waals surface area contributed by atoms with Crippen molar-refractivity contribution in [3.8, 4) is 0 Å². The lowest BCUT2D eigenvalue weighted by molar-refractivity contribution is 0.124. The van der Waals surface area contributed by atoms with Gasteiger partial charge in [0.2, 0.25) is 0 Å². The first-order valence-corrected chi connectivity index (χ1v) is 3.82. The summed E-state index contributed by atoms with van der Waals surface area (Å²) in [6.07, 6.45) is 1.44. The minimum atomic E-state index is 0. The van der Waals surface area contributed by atoms with Gasteiger partial charge in [-0.15, -0.1) is 28.6 Å². The van der Waals surface area contributed by atoms with Crippen molar-refractivity contribution in [1.82, 2.24) is 5.32 Å². The van der Waals surface area contributed by atoms with Crippen molar-refractivity contribution >= 4 is 28.6 Å². The van der Waals surface area contributed by atoms with Crippen LogP contribution in [0.25, 0.3) is 0 Å². The number of halogens is 2. The standard InChI is InChI=1S/C6H10ClNO.BrH/c7-4-5-6(4)9-3-1-2-8-5;/h4-6,8H,1-3H2;1H. The maximum atomic E-state index is 5.84. The molecule has 1 N–H and O–H groups in total. The van der Waals surface area contributed by atoms with E-state index in [2.05, 4.69) is 5.32 Å². The average Bonchev–Trinajstić information content (AvgIpc) is 2.51. The van der Waals surface area contributed by atoms with E-state index in [0.29, 0.717) is 12.1 Å². The van der Waals surface area contributed by atoms with Crippen molar-refractivity contribution in [2.75, 3.05) is 13.2 Å². The second-order valence-corrected chi connectivity index (χ2v) is 3.12. The molecule has 0 bridgehead atoms. The van der Waals surface area contributed by atoms with Gasteiger partial charge in [-0.1, -0.05) is 0 Å². The van der Waals surface area contributed by atoms with Gasteiger partial charge < -0.3 is 10.1 Å². The van der Waals surface area contributed by atoms with Gasteiger partial charge in [0.1, 0.15) is 0 Å². The predicted octanol–water partition coefficient (Wildman–Crippen LogP) is 0.932. The Hall–Kier alpha value is 0.690. The zero-order chi connectivity index (χ0) is 6.27. The van der Waals surface area contributed by atoms with E-state index in [4.69, 9.17) is 16.3 Å². The molecule has 2 rings (SSSR count). The summed E-state index contributed by atoms with van der Waals surface area (Å²) in [5.41, 5.74) is 0. The molecule has 0 radical (unpaired) electrons. The highest BCUT2D eigenvalue weighted by Gasteiger charge is 2.50. The molecule has 2 aliphatic rings. The first-order valence-electron chi connectivity index (χ1n) is 3.38. The monoisotopic (exact) mass is 227 g/mol. The smallest absolute Gasteiger partial charge is 0.0922 e. The summed E-state index contributed by atoms with van der Waals surface area (Å²) in [6.45, 7) is 1.93. The molecule has 1 aliphatic carbocycles. The van der Waals surface area contributed by atoms with Crippen LogP contribution in [0, 0.1) is 0 Å². The van der Waals surface area contributed by atoms with Crippen LogP contribution in [-0.2, 0) is 4.74 Å². The molecule has 60 valence electrons. The van der Waals surface area contributed by atoms with Crippen molar-refractivity contribution in [2.24, 2.45) is 0 Å². The summed E-state index contributed by atoms with van der Waals surface area (Å²) < 4.78 is 5.39. The van der Waals surface area contributed by atoms with E-state index in [9.17, 15) is 0 Å². The van der Waals surface area contributed by atoms with Crippen molar-refractivity contribution in [2.45, 2.75) is 23.9 Å². The average molecular weight is 229 g/mol. The largest absolute Gasteiger partial charge is 0.375 e. The summed E-state index contributed by atoms with van der Waals surface area (Å²) in [5, 5.41) is 3.55. The summed E-state index contributed by atoms with van der Waals surface area (Å²) >= 11 is 5.84. The van der Waals surface area contributed by atoms with Crippen LogP contribution in [0.15, 0.2) is 0 Å². The van der Waals surface area contributed by atoms with Gasteiger partial charge in [0.05, 0.1) is 17.5 Å². The molecule has 2 fully saturated rings. The molecule has 0 aromatic heterocycles. The second-order valence-electron chi connectivity index (χ2n) is 2.61. The number of nitrogens with one attached hydrogen (secondary N) is 1. The summed E-state index contributed by atoms with van der Waals surface area (Å²) in [6, 6.07) is 0.453. The quantitative estimate of drug-likeness (QED) is 0.623. The molecule has 0 aromatic carbocycles. The lowest BCUT2D eigenvalue weighted by Crippen LogP contribution is -2.19. The number of ether oxygens (including phenoxy) is 1. The van der Waals surface area contributed by atoms with Gasteiger partial charge >= 0.3 is 0 Å². The minimum Gasteiger partial charge on any atom is -0.375 e. The highest BCUT2D eigenvalue weighted by atomic mass is 79.9. The van der Waals surface area contributed by atoms with Crippen molar-refractivity contribution < 1.29 is 4.74 Å². The molecule has 0 aromatic rings. The van der Waals surface area contributed by atoms with E-state index in [-0.39, 0.29) is 22.4 Å². The third kappa shape index (κ3) is 1.47. The number of fused-ring (bicyclic) bond motifs is 1. The fraction of sp³-hybridized carbons (Fsp3) is 1.00. The summed E-state index contributed by atoms with van der Waals surface area (Å²) in [5.74, 6) is 0. The van der Waals surface area contributed by atoms with Crippen LogP contribution in [0.5, 0.6) is 0 Å². The molecular weight excluding hydrogens is 217 g/mol. The third-order valence-corrected chi connectivity index (χ3v) is 2.40. The Morgan fingerprint density at radius 3 is 3.10 bits per heavy atom. The van der Waals surface area contributed by atoms with Crippen LogP contribution in [0.2, 0.25) is 0 Å². The fourth-order valence-electron chi connectivity index (χ4n) is 1.23. The van der Waals surface area contributed by atoms with Crippen LogP contribution in [0.3, 0.4) is 0 Å². The number of hydrogen-bond donors (Lipinski definition) is 1. The molecule has 0 amide bonds. The normalized spacial score (nSPS) is 44.7. The summed E-state index contributed by atoms with van der Waals surface area (Å²) in [4.78, 5) is 0. The van der Waals surface area contributed by atoms with Gasteiger partial charge in [-0.2, -0.15) is 0 Å². The van der Waals surface area contributed by atoms with Crippen LogP contribution < -0.4 is 5.32 Å². The van der Waals surface area contributed by atoms with E-state index >= 15 is 0 Å². The molecule has 10 heavy (non-hydrogen) atoms. The maximum absolute atomic E-state index is 5.84. The van der Waals surface area contributed by atoms with Gasteiger partial charge in [0.25, 0.3) is 0 Å². The van der Waals surface area contributed by atoms with Crippen molar-refractivity contribution in [3.63, 3.8) is 0 Å². The van der Waals surface area contributed by atoms with E-state index in [0.717, 1.165) is 19.6 Å². The summed E-state index contributed by atoms with van der Waals surface area (Å²) in [7, 11) is 0.